The second kappa shape index (κ2) is 6.30. The fourth-order valence-corrected chi connectivity index (χ4v) is 2.48. The van der Waals surface area contributed by atoms with Crippen LogP contribution in [0.5, 0.6) is 0 Å². The molecule has 1 heterocycles. The summed E-state index contributed by atoms with van der Waals surface area (Å²) in [5.74, 6) is -1.18. The van der Waals surface area contributed by atoms with E-state index in [2.05, 4.69) is 9.97 Å². The van der Waals surface area contributed by atoms with Crippen LogP contribution in [0, 0.1) is 0 Å². The molecule has 7 nitrogen and oxygen atoms in total. The number of nitrogens with one attached hydrogen (secondary N) is 1. The highest BCUT2D eigenvalue weighted by molar-refractivity contribution is 5.87. The second-order valence-corrected chi connectivity index (χ2v) is 5.02. The smallest absolute Gasteiger partial charge is 0.335 e. The number of nitrogens with zero attached hydrogens (tertiary/aromatic N) is 1. The first kappa shape index (κ1) is 15.6. The summed E-state index contributed by atoms with van der Waals surface area (Å²) in [5.41, 5.74) is 12.3. The van der Waals surface area contributed by atoms with Gasteiger partial charge in [-0.25, -0.2) is 4.79 Å². The van der Waals surface area contributed by atoms with Crippen molar-refractivity contribution in [1.29, 1.82) is 0 Å². The van der Waals surface area contributed by atoms with Crippen molar-refractivity contribution in [2.75, 3.05) is 11.5 Å². The average Bonchev–Trinajstić information content (AvgIpc) is 2.45. The number of hydrogen-bond donors (Lipinski definition) is 4. The van der Waals surface area contributed by atoms with Crippen LogP contribution in [0.3, 0.4) is 0 Å². The second-order valence-electron chi connectivity index (χ2n) is 5.02. The fraction of sp³-hybridized carbons (Fsp3) is 0.267. The minimum Gasteiger partial charge on any atom is -0.478 e. The number of carbonyl (C=O) groups is 1. The van der Waals surface area contributed by atoms with Crippen LogP contribution in [0.2, 0.25) is 0 Å². The zero-order valence-corrected chi connectivity index (χ0v) is 12.2. The van der Waals surface area contributed by atoms with Gasteiger partial charge in [-0.05, 0) is 24.1 Å². The van der Waals surface area contributed by atoms with Gasteiger partial charge in [-0.2, -0.15) is 4.98 Å². The van der Waals surface area contributed by atoms with Crippen LogP contribution in [0.25, 0.3) is 0 Å². The van der Waals surface area contributed by atoms with Gasteiger partial charge in [0.2, 0.25) is 5.95 Å². The van der Waals surface area contributed by atoms with E-state index in [1.165, 1.54) is 12.1 Å². The summed E-state index contributed by atoms with van der Waals surface area (Å²) >= 11 is 0. The van der Waals surface area contributed by atoms with E-state index in [0.29, 0.717) is 12.0 Å². The molecule has 2 rings (SSSR count). The third kappa shape index (κ3) is 3.08. The van der Waals surface area contributed by atoms with Gasteiger partial charge in [-0.15, -0.1) is 0 Å². The molecule has 6 N–H and O–H groups in total. The highest BCUT2D eigenvalue weighted by atomic mass is 16.4. The van der Waals surface area contributed by atoms with Gasteiger partial charge in [0, 0.05) is 5.92 Å². The molecule has 1 aromatic carbocycles. The lowest BCUT2D eigenvalue weighted by molar-refractivity contribution is 0.0697. The van der Waals surface area contributed by atoms with Crippen molar-refractivity contribution in [3.05, 3.63) is 51.3 Å². The zero-order valence-electron chi connectivity index (χ0n) is 12.2. The molecule has 0 radical (unpaired) electrons. The molecule has 1 unspecified atom stereocenters. The summed E-state index contributed by atoms with van der Waals surface area (Å²) in [4.78, 5) is 29.5. The highest BCUT2D eigenvalue weighted by Gasteiger charge is 2.21. The standard InChI is InChI=1S/C15H18N4O3/c1-2-3-10(8-4-6-9(7-5-8)14(21)22)11-12(16)18-15(17)19-13(11)20/h4-7,10H,2-3H2,1H3,(H,21,22)(H5,16,17,18,19,20). The van der Waals surface area contributed by atoms with Gasteiger partial charge in [-0.3, -0.25) is 9.78 Å². The Labute approximate surface area is 127 Å². The number of anilines is 2. The number of carboxylic acids is 1. The Bertz CT molecular complexity index is 737. The van der Waals surface area contributed by atoms with Crippen LogP contribution in [0.1, 0.15) is 47.2 Å². The lowest BCUT2D eigenvalue weighted by Gasteiger charge is -2.18. The minimum absolute atomic E-state index is 0.0253. The topological polar surface area (TPSA) is 135 Å². The van der Waals surface area contributed by atoms with Crippen molar-refractivity contribution >= 4 is 17.7 Å². The fourth-order valence-electron chi connectivity index (χ4n) is 2.48. The van der Waals surface area contributed by atoms with Crippen LogP contribution >= 0.6 is 0 Å². The van der Waals surface area contributed by atoms with Gasteiger partial charge >= 0.3 is 5.97 Å². The predicted octanol–water partition coefficient (Wildman–Crippen LogP) is 1.56. The molecule has 0 saturated heterocycles. The van der Waals surface area contributed by atoms with Crippen molar-refractivity contribution < 1.29 is 9.90 Å². The summed E-state index contributed by atoms with van der Waals surface area (Å²) in [6.45, 7) is 1.99. The normalized spacial score (nSPS) is 12.0. The molecule has 0 aliphatic rings. The maximum Gasteiger partial charge on any atom is 0.335 e. The molecule has 0 fully saturated rings. The Hall–Kier alpha value is -2.83. The Morgan fingerprint density at radius 1 is 1.32 bits per heavy atom. The number of nitrogens with two attached hydrogens (primary N) is 2. The van der Waals surface area contributed by atoms with E-state index in [4.69, 9.17) is 16.6 Å². The van der Waals surface area contributed by atoms with Gasteiger partial charge < -0.3 is 16.6 Å². The van der Waals surface area contributed by atoms with Gasteiger partial charge in [0.15, 0.2) is 0 Å². The molecule has 1 aromatic heterocycles. The number of hydrogen-bond acceptors (Lipinski definition) is 5. The van der Waals surface area contributed by atoms with Crippen LogP contribution in [-0.2, 0) is 0 Å². The highest BCUT2D eigenvalue weighted by Crippen LogP contribution is 2.30. The van der Waals surface area contributed by atoms with Crippen molar-refractivity contribution in [3.63, 3.8) is 0 Å². The van der Waals surface area contributed by atoms with E-state index < -0.39 is 5.97 Å². The molecule has 7 heteroatoms. The Morgan fingerprint density at radius 2 is 1.95 bits per heavy atom. The molecule has 0 amide bonds. The van der Waals surface area contributed by atoms with E-state index in [1.54, 1.807) is 12.1 Å². The first-order valence-electron chi connectivity index (χ1n) is 6.92. The number of H-pyrrole nitrogens is 1. The van der Waals surface area contributed by atoms with Crippen LogP contribution in [-0.4, -0.2) is 21.0 Å². The van der Waals surface area contributed by atoms with Gasteiger partial charge in [-0.1, -0.05) is 25.5 Å². The molecular formula is C15H18N4O3. The van der Waals surface area contributed by atoms with Crippen molar-refractivity contribution in [2.45, 2.75) is 25.7 Å². The molecule has 22 heavy (non-hydrogen) atoms. The van der Waals surface area contributed by atoms with E-state index in [9.17, 15) is 9.59 Å². The largest absolute Gasteiger partial charge is 0.478 e. The number of aromatic carboxylic acids is 1. The summed E-state index contributed by atoms with van der Waals surface area (Å²) < 4.78 is 0. The number of rotatable bonds is 5. The molecule has 0 aliphatic carbocycles. The summed E-state index contributed by atoms with van der Waals surface area (Å²) in [6.07, 6.45) is 1.51. The first-order valence-corrected chi connectivity index (χ1v) is 6.92. The van der Waals surface area contributed by atoms with E-state index in [1.807, 2.05) is 6.92 Å². The number of nitrogen functional groups attached to an aromatic ring is 2. The number of carboxylic acid groups (broad SMARTS) is 1. The summed E-state index contributed by atoms with van der Waals surface area (Å²) in [6, 6.07) is 6.41. The van der Waals surface area contributed by atoms with Crippen LogP contribution in [0.15, 0.2) is 29.1 Å². The third-order valence-electron chi connectivity index (χ3n) is 3.49. The molecule has 0 bridgehead atoms. The SMILES string of the molecule is CCCC(c1ccc(C(=O)O)cc1)c1c(N)nc(N)[nH]c1=O. The predicted molar refractivity (Wildman–Crippen MR) is 83.8 cm³/mol. The van der Waals surface area contributed by atoms with Crippen LogP contribution < -0.4 is 17.0 Å². The summed E-state index contributed by atoms with van der Waals surface area (Å²) in [5, 5.41) is 8.95. The molecular weight excluding hydrogens is 284 g/mol. The maximum absolute atomic E-state index is 12.2. The van der Waals surface area contributed by atoms with E-state index in [0.717, 1.165) is 12.0 Å². The Kier molecular flexibility index (Phi) is 4.45. The minimum atomic E-state index is -0.995. The molecule has 116 valence electrons. The van der Waals surface area contributed by atoms with Crippen molar-refractivity contribution in [2.24, 2.45) is 0 Å². The molecule has 2 aromatic rings. The molecule has 0 spiro atoms. The number of aromatic amines is 1. The average molecular weight is 302 g/mol. The van der Waals surface area contributed by atoms with E-state index in [-0.39, 0.29) is 28.8 Å². The zero-order chi connectivity index (χ0) is 16.3. The summed E-state index contributed by atoms with van der Waals surface area (Å²) in [7, 11) is 0. The maximum atomic E-state index is 12.2. The third-order valence-corrected chi connectivity index (χ3v) is 3.49. The van der Waals surface area contributed by atoms with Crippen molar-refractivity contribution in [1.82, 2.24) is 9.97 Å². The quantitative estimate of drug-likeness (QED) is 0.662. The molecule has 0 saturated carbocycles. The van der Waals surface area contributed by atoms with Crippen LogP contribution in [0.4, 0.5) is 11.8 Å². The Morgan fingerprint density at radius 3 is 2.45 bits per heavy atom. The number of aromatic nitrogens is 2. The molecule has 1 atom stereocenters. The van der Waals surface area contributed by atoms with Gasteiger partial charge in [0.1, 0.15) is 5.82 Å². The van der Waals surface area contributed by atoms with Gasteiger partial charge in [0.25, 0.3) is 5.56 Å². The molecule has 0 aliphatic heterocycles. The van der Waals surface area contributed by atoms with Gasteiger partial charge in [0.05, 0.1) is 11.1 Å². The lowest BCUT2D eigenvalue weighted by atomic mass is 9.88. The Balaban J connectivity index is 2.51. The monoisotopic (exact) mass is 302 g/mol. The number of benzene rings is 1. The lowest BCUT2D eigenvalue weighted by Crippen LogP contribution is -2.22. The van der Waals surface area contributed by atoms with Crippen molar-refractivity contribution in [3.8, 4) is 0 Å². The van der Waals surface area contributed by atoms with E-state index >= 15 is 0 Å². The first-order chi connectivity index (χ1) is 10.4.